The molecular weight excluding hydrogens is 490 g/mol. The minimum atomic E-state index is -1.94. The first-order valence-electron chi connectivity index (χ1n) is 13.4. The number of carbonyl (C=O) groups is 3. The summed E-state index contributed by atoms with van der Waals surface area (Å²) in [5.74, 6) is -4.33. The Hall–Kier alpha value is -2.17. The summed E-state index contributed by atoms with van der Waals surface area (Å²) in [4.78, 5) is 43.9. The van der Waals surface area contributed by atoms with Gasteiger partial charge in [-0.1, -0.05) is 39.0 Å². The first kappa shape index (κ1) is 27.4. The number of aliphatic hydroxyl groups is 3. The highest BCUT2D eigenvalue weighted by Crippen LogP contribution is 2.65. The Balaban J connectivity index is 1.84. The van der Waals surface area contributed by atoms with Crippen LogP contribution in [0.5, 0.6) is 0 Å². The van der Waals surface area contributed by atoms with Crippen LogP contribution < -0.4 is 0 Å². The van der Waals surface area contributed by atoms with E-state index in [4.69, 9.17) is 9.47 Å². The zero-order valence-corrected chi connectivity index (χ0v) is 22.9. The third kappa shape index (κ3) is 3.14. The molecular formula is C29H39NO8. The van der Waals surface area contributed by atoms with E-state index in [2.05, 4.69) is 0 Å². The van der Waals surface area contributed by atoms with Crippen molar-refractivity contribution in [2.45, 2.75) is 76.1 Å². The quantitative estimate of drug-likeness (QED) is 0.390. The Morgan fingerprint density at radius 3 is 2.29 bits per heavy atom. The fourth-order valence-electron chi connectivity index (χ4n) is 8.54. The largest absolute Gasteiger partial charge is 0.454 e. The smallest absolute Gasteiger partial charge is 0.338 e. The van der Waals surface area contributed by atoms with Gasteiger partial charge in [-0.05, 0) is 39.1 Å². The standard InChI is InChI=1S/C29H39NO8/c1-15-18(31)13-28(36)25(38-24(35)16-10-8-7-9-11-16)29(30(5)6)17-14-37-19(17)12-20(32)27(29,4)23(34)22(33)21(15)26(28,2)3/h7-11,15,17-21,25,31-32,36H,12-14H2,1-6H3. The summed E-state index contributed by atoms with van der Waals surface area (Å²) in [6, 6.07) is 8.36. The second-order valence-corrected chi connectivity index (χ2v) is 12.8. The number of aliphatic hydroxyl groups excluding tert-OH is 2. The van der Waals surface area contributed by atoms with Gasteiger partial charge < -0.3 is 24.8 Å². The molecule has 5 rings (SSSR count). The molecule has 1 heterocycles. The maximum atomic E-state index is 14.4. The van der Waals surface area contributed by atoms with Crippen LogP contribution in [0.3, 0.4) is 0 Å². The summed E-state index contributed by atoms with van der Waals surface area (Å²) in [7, 11) is 3.42. The van der Waals surface area contributed by atoms with E-state index in [0.29, 0.717) is 0 Å². The number of benzene rings is 1. The molecule has 2 bridgehead atoms. The van der Waals surface area contributed by atoms with Crippen molar-refractivity contribution in [2.75, 3.05) is 20.7 Å². The van der Waals surface area contributed by atoms with Crippen molar-refractivity contribution in [2.24, 2.45) is 28.6 Å². The number of hydrogen-bond donors (Lipinski definition) is 3. The van der Waals surface area contributed by atoms with E-state index in [1.54, 1.807) is 77.0 Å². The number of ketones is 2. The lowest BCUT2D eigenvalue weighted by molar-refractivity contribution is -0.324. The van der Waals surface area contributed by atoms with Gasteiger partial charge in [-0.2, -0.15) is 0 Å². The van der Waals surface area contributed by atoms with Gasteiger partial charge in [-0.25, -0.2) is 4.79 Å². The van der Waals surface area contributed by atoms with Gasteiger partial charge in [0.1, 0.15) is 5.60 Å². The molecule has 208 valence electrons. The van der Waals surface area contributed by atoms with Crippen LogP contribution in [-0.2, 0) is 19.1 Å². The predicted molar refractivity (Wildman–Crippen MR) is 136 cm³/mol. The lowest BCUT2D eigenvalue weighted by Crippen LogP contribution is -2.87. The van der Waals surface area contributed by atoms with Gasteiger partial charge in [0.25, 0.3) is 0 Å². The van der Waals surface area contributed by atoms with Crippen LogP contribution in [0.1, 0.15) is 50.9 Å². The van der Waals surface area contributed by atoms with Crippen molar-refractivity contribution in [3.63, 3.8) is 0 Å². The highest BCUT2D eigenvalue weighted by Gasteiger charge is 2.80. The van der Waals surface area contributed by atoms with Gasteiger partial charge in [0.2, 0.25) is 11.6 Å². The maximum Gasteiger partial charge on any atom is 0.338 e. The lowest BCUT2D eigenvalue weighted by Gasteiger charge is -2.71. The molecule has 3 saturated carbocycles. The molecule has 38 heavy (non-hydrogen) atoms. The Morgan fingerprint density at radius 2 is 1.74 bits per heavy atom. The van der Waals surface area contributed by atoms with Gasteiger partial charge in [0, 0.05) is 30.1 Å². The molecule has 1 saturated heterocycles. The molecule has 3 aliphatic carbocycles. The van der Waals surface area contributed by atoms with E-state index in [-0.39, 0.29) is 25.0 Å². The average molecular weight is 530 g/mol. The number of nitrogens with zero attached hydrogens (tertiary/aromatic N) is 1. The summed E-state index contributed by atoms with van der Waals surface area (Å²) in [5, 5.41) is 35.6. The maximum absolute atomic E-state index is 14.4. The number of carbonyl (C=O) groups excluding carboxylic acids is 3. The number of rotatable bonds is 3. The van der Waals surface area contributed by atoms with E-state index < -0.39 is 81.7 Å². The molecule has 4 aliphatic rings. The Bertz CT molecular complexity index is 1150. The molecule has 10 atom stereocenters. The van der Waals surface area contributed by atoms with E-state index >= 15 is 0 Å². The molecule has 0 aromatic heterocycles. The van der Waals surface area contributed by atoms with Gasteiger partial charge in [-0.15, -0.1) is 0 Å². The molecule has 9 nitrogen and oxygen atoms in total. The number of fused-ring (bicyclic) bond motifs is 5. The summed E-state index contributed by atoms with van der Waals surface area (Å²) in [6.07, 6.45) is -4.32. The van der Waals surface area contributed by atoms with Crippen LogP contribution in [0.4, 0.5) is 0 Å². The first-order valence-corrected chi connectivity index (χ1v) is 13.4. The molecule has 1 aromatic rings. The molecule has 3 N–H and O–H groups in total. The summed E-state index contributed by atoms with van der Waals surface area (Å²) >= 11 is 0. The monoisotopic (exact) mass is 529 g/mol. The average Bonchev–Trinajstić information content (AvgIpc) is 2.85. The molecule has 0 amide bonds. The van der Waals surface area contributed by atoms with Crippen molar-refractivity contribution in [1.29, 1.82) is 0 Å². The van der Waals surface area contributed by atoms with Crippen molar-refractivity contribution in [1.82, 2.24) is 4.90 Å². The van der Waals surface area contributed by atoms with Crippen LogP contribution in [0.25, 0.3) is 0 Å². The number of ether oxygens (including phenoxy) is 2. The van der Waals surface area contributed by atoms with E-state index in [9.17, 15) is 29.7 Å². The summed E-state index contributed by atoms with van der Waals surface area (Å²) in [5.41, 5.74) is -6.21. The lowest BCUT2D eigenvalue weighted by atomic mass is 9.40. The van der Waals surface area contributed by atoms with Gasteiger partial charge >= 0.3 is 5.97 Å². The number of Topliss-reactive ketones (excluding diaryl/α,β-unsaturated/α-hetero) is 2. The van der Waals surface area contributed by atoms with Crippen molar-refractivity contribution >= 4 is 17.5 Å². The second-order valence-electron chi connectivity index (χ2n) is 12.8. The van der Waals surface area contributed by atoms with Gasteiger partial charge in [-0.3, -0.25) is 14.5 Å². The zero-order chi connectivity index (χ0) is 28.0. The third-order valence-electron chi connectivity index (χ3n) is 10.8. The van der Waals surface area contributed by atoms with E-state index in [1.165, 1.54) is 0 Å². The Kier molecular flexibility index (Phi) is 6.25. The molecule has 10 unspecified atom stereocenters. The first-order chi connectivity index (χ1) is 17.7. The number of hydrogen-bond acceptors (Lipinski definition) is 9. The minimum Gasteiger partial charge on any atom is -0.454 e. The third-order valence-corrected chi connectivity index (χ3v) is 10.8. The fourth-order valence-corrected chi connectivity index (χ4v) is 8.54. The van der Waals surface area contributed by atoms with Crippen LogP contribution >= 0.6 is 0 Å². The van der Waals surface area contributed by atoms with Gasteiger partial charge in [0.15, 0.2) is 6.10 Å². The number of likely N-dealkylation sites (N-methyl/N-ethyl adjacent to an activating group) is 1. The van der Waals surface area contributed by atoms with Crippen molar-refractivity contribution in [3.8, 4) is 0 Å². The molecule has 9 heteroatoms. The SMILES string of the molecule is CC1C(O)CC2(O)C(OC(=O)c3ccccc3)C3(N(C)C)C4COC4CC(O)C3(C)C(=O)C(=O)C1C2(C)C. The van der Waals surface area contributed by atoms with Gasteiger partial charge in [0.05, 0.1) is 41.4 Å². The van der Waals surface area contributed by atoms with Crippen LogP contribution in [0, 0.1) is 28.6 Å². The molecule has 1 aromatic carbocycles. The minimum absolute atomic E-state index is 0.139. The summed E-state index contributed by atoms with van der Waals surface area (Å²) < 4.78 is 12.2. The zero-order valence-electron chi connectivity index (χ0n) is 22.9. The topological polar surface area (TPSA) is 134 Å². The van der Waals surface area contributed by atoms with E-state index in [1.807, 2.05) is 0 Å². The molecule has 0 radical (unpaired) electrons. The Labute approximate surface area is 223 Å². The molecule has 0 spiro atoms. The fraction of sp³-hybridized carbons (Fsp3) is 0.690. The highest BCUT2D eigenvalue weighted by atomic mass is 16.6. The van der Waals surface area contributed by atoms with Crippen LogP contribution in [0.2, 0.25) is 0 Å². The second kappa shape index (κ2) is 8.66. The summed E-state index contributed by atoms with van der Waals surface area (Å²) in [6.45, 7) is 6.87. The normalized spacial score (nSPS) is 45.8. The van der Waals surface area contributed by atoms with Crippen molar-refractivity contribution < 1.29 is 39.2 Å². The molecule has 4 fully saturated rings. The Morgan fingerprint density at radius 1 is 1.11 bits per heavy atom. The predicted octanol–water partition coefficient (Wildman–Crippen LogP) is 1.22. The highest BCUT2D eigenvalue weighted by molar-refractivity contribution is 6.40. The van der Waals surface area contributed by atoms with Crippen LogP contribution in [-0.4, -0.2) is 94.0 Å². The van der Waals surface area contributed by atoms with E-state index in [0.717, 1.165) is 0 Å². The van der Waals surface area contributed by atoms with Crippen LogP contribution in [0.15, 0.2) is 30.3 Å². The number of esters is 1. The molecule has 1 aliphatic heterocycles. The van der Waals surface area contributed by atoms with Crippen molar-refractivity contribution in [3.05, 3.63) is 35.9 Å².